The molecule has 1 heterocycles. The second-order valence-corrected chi connectivity index (χ2v) is 5.28. The molecule has 1 unspecified atom stereocenters. The second kappa shape index (κ2) is 3.38. The fourth-order valence-electron chi connectivity index (χ4n) is 2.08. The van der Waals surface area contributed by atoms with Crippen molar-refractivity contribution in [2.75, 3.05) is 16.4 Å². The van der Waals surface area contributed by atoms with Crippen LogP contribution in [0.15, 0.2) is 16.6 Å². The highest BCUT2D eigenvalue weighted by Crippen LogP contribution is 2.41. The van der Waals surface area contributed by atoms with Crippen LogP contribution in [-0.2, 0) is 4.79 Å². The van der Waals surface area contributed by atoms with Crippen LogP contribution in [0.25, 0.3) is 0 Å². The van der Waals surface area contributed by atoms with E-state index in [-0.39, 0.29) is 11.9 Å². The van der Waals surface area contributed by atoms with Gasteiger partial charge in [-0.1, -0.05) is 15.9 Å². The monoisotopic (exact) mass is 281 g/mol. The molecule has 5 heteroatoms. The van der Waals surface area contributed by atoms with E-state index in [0.717, 1.165) is 28.7 Å². The summed E-state index contributed by atoms with van der Waals surface area (Å²) in [5.41, 5.74) is 8.19. The summed E-state index contributed by atoms with van der Waals surface area (Å²) >= 11 is 3.36. The molecule has 1 aromatic carbocycles. The summed E-state index contributed by atoms with van der Waals surface area (Å²) in [5.74, 6) is 0.517. The first-order chi connectivity index (χ1) is 7.65. The van der Waals surface area contributed by atoms with E-state index in [9.17, 15) is 4.79 Å². The molecule has 2 aliphatic rings. The molecule has 16 heavy (non-hydrogen) atoms. The van der Waals surface area contributed by atoms with Gasteiger partial charge in [-0.2, -0.15) is 0 Å². The summed E-state index contributed by atoms with van der Waals surface area (Å²) in [7, 11) is 0. The summed E-state index contributed by atoms with van der Waals surface area (Å²) in [6.07, 6.45) is 2.24. The largest absolute Gasteiger partial charge is 0.397 e. The number of hydrogen-bond acceptors (Lipinski definition) is 3. The van der Waals surface area contributed by atoms with Crippen LogP contribution in [0.1, 0.15) is 12.8 Å². The molecule has 4 N–H and O–H groups in total. The minimum absolute atomic E-state index is 0.0486. The van der Waals surface area contributed by atoms with Gasteiger partial charge in [-0.25, -0.2) is 0 Å². The number of anilines is 3. The van der Waals surface area contributed by atoms with Gasteiger partial charge >= 0.3 is 0 Å². The summed E-state index contributed by atoms with van der Waals surface area (Å²) < 4.78 is 0.871. The topological polar surface area (TPSA) is 67.1 Å². The minimum atomic E-state index is -0.115. The Morgan fingerprint density at radius 3 is 2.81 bits per heavy atom. The highest BCUT2D eigenvalue weighted by molar-refractivity contribution is 9.10. The fraction of sp³-hybridized carbons (Fsp3) is 0.364. The molecule has 1 saturated carbocycles. The van der Waals surface area contributed by atoms with Crippen molar-refractivity contribution in [3.05, 3.63) is 16.6 Å². The van der Waals surface area contributed by atoms with E-state index in [1.165, 1.54) is 0 Å². The van der Waals surface area contributed by atoms with Crippen LogP contribution in [0.4, 0.5) is 17.1 Å². The quantitative estimate of drug-likeness (QED) is 0.691. The number of benzene rings is 1. The Morgan fingerprint density at radius 1 is 1.38 bits per heavy atom. The van der Waals surface area contributed by atoms with Crippen molar-refractivity contribution in [2.24, 2.45) is 5.92 Å². The van der Waals surface area contributed by atoms with Gasteiger partial charge in [0.15, 0.2) is 0 Å². The van der Waals surface area contributed by atoms with E-state index in [0.29, 0.717) is 11.6 Å². The molecule has 1 atom stereocenters. The Bertz CT molecular complexity index is 471. The van der Waals surface area contributed by atoms with Gasteiger partial charge < -0.3 is 16.4 Å². The van der Waals surface area contributed by atoms with Gasteiger partial charge in [-0.3, -0.25) is 4.79 Å². The zero-order valence-electron chi connectivity index (χ0n) is 8.59. The molecule has 0 spiro atoms. The SMILES string of the molecule is Nc1cc(Br)cc2c1NC(C1CC1)C(=O)N2. The Morgan fingerprint density at radius 2 is 2.12 bits per heavy atom. The van der Waals surface area contributed by atoms with Gasteiger partial charge in [-0.05, 0) is 30.9 Å². The van der Waals surface area contributed by atoms with E-state index < -0.39 is 0 Å². The molecular weight excluding hydrogens is 270 g/mol. The van der Waals surface area contributed by atoms with Crippen LogP contribution < -0.4 is 16.4 Å². The number of nitrogens with two attached hydrogens (primary N) is 1. The van der Waals surface area contributed by atoms with Gasteiger partial charge in [0.1, 0.15) is 6.04 Å². The van der Waals surface area contributed by atoms with E-state index in [4.69, 9.17) is 5.73 Å². The fourth-order valence-corrected chi connectivity index (χ4v) is 2.56. The Balaban J connectivity index is 2.00. The van der Waals surface area contributed by atoms with Crippen molar-refractivity contribution in [3.8, 4) is 0 Å². The Hall–Kier alpha value is -1.23. The molecule has 84 valence electrons. The first kappa shape index (κ1) is 9.96. The Kier molecular flexibility index (Phi) is 2.10. The third-order valence-corrected chi connectivity index (χ3v) is 3.53. The van der Waals surface area contributed by atoms with Crippen LogP contribution in [0.5, 0.6) is 0 Å². The number of fused-ring (bicyclic) bond motifs is 1. The molecular formula is C11H12BrN3O. The summed E-state index contributed by atoms with van der Waals surface area (Å²) in [6.45, 7) is 0. The third kappa shape index (κ3) is 1.55. The molecule has 1 aliphatic heterocycles. The summed E-state index contributed by atoms with van der Waals surface area (Å²) in [5, 5.41) is 6.15. The predicted octanol–water partition coefficient (Wildman–Crippen LogP) is 2.17. The number of rotatable bonds is 1. The summed E-state index contributed by atoms with van der Waals surface area (Å²) in [4.78, 5) is 11.8. The highest BCUT2D eigenvalue weighted by Gasteiger charge is 2.39. The molecule has 1 fully saturated rings. The molecule has 4 nitrogen and oxygen atoms in total. The number of nitrogens with one attached hydrogen (secondary N) is 2. The third-order valence-electron chi connectivity index (χ3n) is 3.07. The number of nitrogen functional groups attached to an aromatic ring is 1. The lowest BCUT2D eigenvalue weighted by atomic mass is 10.1. The van der Waals surface area contributed by atoms with Gasteiger partial charge in [0.05, 0.1) is 17.1 Å². The molecule has 1 aliphatic carbocycles. The zero-order chi connectivity index (χ0) is 11.3. The lowest BCUT2D eigenvalue weighted by Crippen LogP contribution is -2.40. The smallest absolute Gasteiger partial charge is 0.247 e. The van der Waals surface area contributed by atoms with Crippen molar-refractivity contribution >= 4 is 38.9 Å². The van der Waals surface area contributed by atoms with Gasteiger partial charge in [0.2, 0.25) is 5.91 Å². The standard InChI is InChI=1S/C11H12BrN3O/c12-6-3-7(13)10-8(4-6)14-11(16)9(15-10)5-1-2-5/h3-5,9,15H,1-2,13H2,(H,14,16). The van der Waals surface area contributed by atoms with Gasteiger partial charge in [0.25, 0.3) is 0 Å². The normalized spacial score (nSPS) is 23.3. The first-order valence-electron chi connectivity index (χ1n) is 5.31. The number of amides is 1. The van der Waals surface area contributed by atoms with Gasteiger partial charge in [-0.15, -0.1) is 0 Å². The zero-order valence-corrected chi connectivity index (χ0v) is 10.2. The molecule has 0 radical (unpaired) electrons. The molecule has 3 rings (SSSR count). The van der Waals surface area contributed by atoms with Crippen molar-refractivity contribution in [3.63, 3.8) is 0 Å². The average molecular weight is 282 g/mol. The predicted molar refractivity (Wildman–Crippen MR) is 67.3 cm³/mol. The molecule has 0 saturated heterocycles. The van der Waals surface area contributed by atoms with Crippen LogP contribution in [0, 0.1) is 5.92 Å². The minimum Gasteiger partial charge on any atom is -0.397 e. The highest BCUT2D eigenvalue weighted by atomic mass is 79.9. The van der Waals surface area contributed by atoms with E-state index >= 15 is 0 Å². The first-order valence-corrected chi connectivity index (χ1v) is 6.11. The molecule has 1 amide bonds. The number of hydrogen-bond donors (Lipinski definition) is 3. The van der Waals surface area contributed by atoms with Crippen LogP contribution in [-0.4, -0.2) is 11.9 Å². The van der Waals surface area contributed by atoms with Crippen molar-refractivity contribution in [1.82, 2.24) is 0 Å². The van der Waals surface area contributed by atoms with Crippen LogP contribution in [0.2, 0.25) is 0 Å². The molecule has 0 bridgehead atoms. The van der Waals surface area contributed by atoms with Gasteiger partial charge in [0, 0.05) is 4.47 Å². The maximum Gasteiger partial charge on any atom is 0.247 e. The van der Waals surface area contributed by atoms with E-state index in [1.54, 1.807) is 0 Å². The lowest BCUT2D eigenvalue weighted by molar-refractivity contribution is -0.117. The van der Waals surface area contributed by atoms with Crippen molar-refractivity contribution < 1.29 is 4.79 Å². The summed E-state index contributed by atoms with van der Waals surface area (Å²) in [6, 6.07) is 3.59. The van der Waals surface area contributed by atoms with E-state index in [1.807, 2.05) is 12.1 Å². The molecule has 0 aromatic heterocycles. The van der Waals surface area contributed by atoms with Crippen molar-refractivity contribution in [1.29, 1.82) is 0 Å². The van der Waals surface area contributed by atoms with Crippen molar-refractivity contribution in [2.45, 2.75) is 18.9 Å². The maximum atomic E-state index is 11.8. The molecule has 1 aromatic rings. The Labute approximate surface area is 102 Å². The number of halogens is 1. The van der Waals surface area contributed by atoms with Crippen LogP contribution >= 0.6 is 15.9 Å². The number of carbonyl (C=O) groups excluding carboxylic acids is 1. The van der Waals surface area contributed by atoms with E-state index in [2.05, 4.69) is 26.6 Å². The maximum absolute atomic E-state index is 11.8. The lowest BCUT2D eigenvalue weighted by Gasteiger charge is -2.28. The number of carbonyl (C=O) groups is 1. The average Bonchev–Trinajstić information content (AvgIpc) is 2.99. The van der Waals surface area contributed by atoms with Crippen LogP contribution in [0.3, 0.4) is 0 Å². The second-order valence-electron chi connectivity index (χ2n) is 4.37.